The van der Waals surface area contributed by atoms with Crippen LogP contribution in [-0.4, -0.2) is 33.4 Å². The number of methoxy groups -OCH3 is 1. The van der Waals surface area contributed by atoms with Gasteiger partial charge < -0.3 is 14.5 Å². The van der Waals surface area contributed by atoms with Gasteiger partial charge in [0.25, 0.3) is 5.91 Å². The van der Waals surface area contributed by atoms with E-state index in [0.717, 1.165) is 27.6 Å². The number of hydrogen-bond donors (Lipinski definition) is 2. The fourth-order valence-electron chi connectivity index (χ4n) is 4.34. The number of carbonyl (C=O) groups is 2. The quantitative estimate of drug-likeness (QED) is 0.218. The molecular formula is C31H30N2O6S. The SMILES string of the molecule is CC#Cc1cccc2oc(C(=O)Nc3ccc(-c4ccc(S(=O)(=O)N[C@H](C(=O)OC)C(C)C)cc4)cc3)c(C)c12. The highest BCUT2D eigenvalue weighted by atomic mass is 32.2. The van der Waals surface area contributed by atoms with Crippen molar-refractivity contribution < 1.29 is 27.2 Å². The molecule has 4 rings (SSSR count). The molecule has 0 aliphatic rings. The molecule has 0 aliphatic carbocycles. The predicted molar refractivity (Wildman–Crippen MR) is 154 cm³/mol. The van der Waals surface area contributed by atoms with E-state index in [1.54, 1.807) is 45.0 Å². The molecule has 9 heteroatoms. The summed E-state index contributed by atoms with van der Waals surface area (Å²) < 4.78 is 38.7. The van der Waals surface area contributed by atoms with Gasteiger partial charge in [-0.2, -0.15) is 4.72 Å². The molecular weight excluding hydrogens is 528 g/mol. The fourth-order valence-corrected chi connectivity index (χ4v) is 5.67. The summed E-state index contributed by atoms with van der Waals surface area (Å²) in [6.07, 6.45) is 0. The van der Waals surface area contributed by atoms with Crippen LogP contribution in [0.5, 0.6) is 0 Å². The van der Waals surface area contributed by atoms with E-state index in [-0.39, 0.29) is 22.5 Å². The van der Waals surface area contributed by atoms with Gasteiger partial charge in [-0.25, -0.2) is 8.42 Å². The van der Waals surface area contributed by atoms with Gasteiger partial charge in [0.1, 0.15) is 11.6 Å². The van der Waals surface area contributed by atoms with Crippen LogP contribution in [0.1, 0.15) is 42.5 Å². The van der Waals surface area contributed by atoms with Crippen molar-refractivity contribution in [2.24, 2.45) is 5.92 Å². The van der Waals surface area contributed by atoms with Gasteiger partial charge >= 0.3 is 5.97 Å². The summed E-state index contributed by atoms with van der Waals surface area (Å²) >= 11 is 0. The third kappa shape index (κ3) is 5.93. The Morgan fingerprint density at radius 2 is 1.57 bits per heavy atom. The highest BCUT2D eigenvalue weighted by Crippen LogP contribution is 2.29. The Labute approximate surface area is 233 Å². The predicted octanol–water partition coefficient (Wildman–Crippen LogP) is 5.51. The van der Waals surface area contributed by atoms with Crippen LogP contribution in [0.2, 0.25) is 0 Å². The summed E-state index contributed by atoms with van der Waals surface area (Å²) in [5, 5.41) is 3.69. The van der Waals surface area contributed by atoms with Crippen LogP contribution < -0.4 is 10.0 Å². The number of ether oxygens (including phenoxy) is 1. The van der Waals surface area contributed by atoms with E-state index in [1.807, 2.05) is 37.3 Å². The number of furan rings is 1. The number of anilines is 1. The summed E-state index contributed by atoms with van der Waals surface area (Å²) in [5.74, 6) is 4.86. The molecule has 0 aliphatic heterocycles. The van der Waals surface area contributed by atoms with Crippen LogP contribution in [-0.2, 0) is 19.6 Å². The van der Waals surface area contributed by atoms with E-state index < -0.39 is 22.0 Å². The van der Waals surface area contributed by atoms with Crippen molar-refractivity contribution in [1.29, 1.82) is 0 Å². The molecule has 3 aromatic carbocycles. The molecule has 0 fully saturated rings. The molecule has 0 spiro atoms. The van der Waals surface area contributed by atoms with Crippen LogP contribution in [0.3, 0.4) is 0 Å². The zero-order chi connectivity index (χ0) is 29.0. The van der Waals surface area contributed by atoms with Crippen LogP contribution in [0.25, 0.3) is 22.1 Å². The van der Waals surface area contributed by atoms with Crippen molar-refractivity contribution in [2.75, 3.05) is 12.4 Å². The molecule has 0 unspecified atom stereocenters. The van der Waals surface area contributed by atoms with E-state index in [2.05, 4.69) is 21.9 Å². The number of nitrogens with one attached hydrogen (secondary N) is 2. The Kier molecular flexibility index (Phi) is 8.43. The number of carbonyl (C=O) groups excluding carboxylic acids is 2. The number of rotatable bonds is 8. The second-order valence-corrected chi connectivity index (χ2v) is 11.2. The molecule has 0 saturated carbocycles. The first-order valence-electron chi connectivity index (χ1n) is 12.6. The molecule has 4 aromatic rings. The van der Waals surface area contributed by atoms with Gasteiger partial charge in [-0.1, -0.05) is 50.1 Å². The maximum absolute atomic E-state index is 13.0. The molecule has 206 valence electrons. The van der Waals surface area contributed by atoms with E-state index >= 15 is 0 Å². The molecule has 1 aromatic heterocycles. The largest absolute Gasteiger partial charge is 0.468 e. The summed E-state index contributed by atoms with van der Waals surface area (Å²) in [7, 11) is -2.72. The second-order valence-electron chi connectivity index (χ2n) is 9.53. The number of esters is 1. The second kappa shape index (κ2) is 11.8. The summed E-state index contributed by atoms with van der Waals surface area (Å²) in [6, 6.07) is 18.0. The van der Waals surface area contributed by atoms with Crippen LogP contribution in [0.4, 0.5) is 5.69 Å². The molecule has 0 saturated heterocycles. The molecule has 2 N–H and O–H groups in total. The van der Waals surface area contributed by atoms with Gasteiger partial charge in [-0.3, -0.25) is 9.59 Å². The Hall–Kier alpha value is -4.39. The fraction of sp³-hybridized carbons (Fsp3) is 0.226. The lowest BCUT2D eigenvalue weighted by molar-refractivity contribution is -0.143. The monoisotopic (exact) mass is 558 g/mol. The lowest BCUT2D eigenvalue weighted by Gasteiger charge is -2.19. The Morgan fingerprint density at radius 3 is 2.15 bits per heavy atom. The van der Waals surface area contributed by atoms with Gasteiger partial charge in [0, 0.05) is 22.2 Å². The van der Waals surface area contributed by atoms with Crippen molar-refractivity contribution in [3.63, 3.8) is 0 Å². The normalized spacial score (nSPS) is 12.1. The Bertz CT molecular complexity index is 1720. The zero-order valence-electron chi connectivity index (χ0n) is 22.9. The Balaban J connectivity index is 1.49. The van der Waals surface area contributed by atoms with E-state index in [0.29, 0.717) is 11.3 Å². The summed E-state index contributed by atoms with van der Waals surface area (Å²) in [4.78, 5) is 25.0. The van der Waals surface area contributed by atoms with E-state index in [1.165, 1.54) is 19.2 Å². The van der Waals surface area contributed by atoms with Crippen molar-refractivity contribution >= 4 is 38.6 Å². The van der Waals surface area contributed by atoms with Crippen LogP contribution in [0.15, 0.2) is 76.0 Å². The molecule has 0 bridgehead atoms. The molecule has 40 heavy (non-hydrogen) atoms. The Morgan fingerprint density at radius 1 is 0.950 bits per heavy atom. The standard InChI is InChI=1S/C31H30N2O6S/c1-6-8-23-9-7-10-26-27(23)20(4)29(39-26)30(34)32-24-15-11-21(12-16-24)22-13-17-25(18-14-22)40(36,37)33-28(19(2)3)31(35)38-5/h7,9-19,28,33H,1-5H3,(H,32,34)/t28-/m0/s1. The number of benzene rings is 3. The van der Waals surface area contributed by atoms with Crippen molar-refractivity contribution in [3.8, 4) is 23.0 Å². The van der Waals surface area contributed by atoms with Gasteiger partial charge in [0.05, 0.1) is 12.0 Å². The summed E-state index contributed by atoms with van der Waals surface area (Å²) in [5.41, 5.74) is 4.31. The number of sulfonamides is 1. The average molecular weight is 559 g/mol. The topological polar surface area (TPSA) is 115 Å². The van der Waals surface area contributed by atoms with Gasteiger partial charge in [-0.15, -0.1) is 5.92 Å². The van der Waals surface area contributed by atoms with Crippen molar-refractivity contribution in [3.05, 3.63) is 83.6 Å². The average Bonchev–Trinajstić information content (AvgIpc) is 3.29. The van der Waals surface area contributed by atoms with Crippen molar-refractivity contribution in [2.45, 2.75) is 38.6 Å². The maximum Gasteiger partial charge on any atom is 0.324 e. The van der Waals surface area contributed by atoms with Gasteiger partial charge in [0.2, 0.25) is 10.0 Å². The van der Waals surface area contributed by atoms with Gasteiger partial charge in [0.15, 0.2) is 5.76 Å². The number of aryl methyl sites for hydroxylation is 1. The van der Waals surface area contributed by atoms with Gasteiger partial charge in [-0.05, 0) is 67.3 Å². The minimum atomic E-state index is -3.94. The minimum Gasteiger partial charge on any atom is -0.468 e. The maximum atomic E-state index is 13.0. The zero-order valence-corrected chi connectivity index (χ0v) is 23.7. The first-order chi connectivity index (χ1) is 19.1. The van der Waals surface area contributed by atoms with Crippen molar-refractivity contribution in [1.82, 2.24) is 4.72 Å². The first kappa shape index (κ1) is 28.6. The number of hydrogen-bond acceptors (Lipinski definition) is 6. The highest BCUT2D eigenvalue weighted by molar-refractivity contribution is 7.89. The highest BCUT2D eigenvalue weighted by Gasteiger charge is 2.29. The molecule has 1 heterocycles. The lowest BCUT2D eigenvalue weighted by Crippen LogP contribution is -2.44. The van der Waals surface area contributed by atoms with Crippen LogP contribution >= 0.6 is 0 Å². The molecule has 1 atom stereocenters. The molecule has 0 radical (unpaired) electrons. The number of amides is 1. The molecule has 8 nitrogen and oxygen atoms in total. The smallest absolute Gasteiger partial charge is 0.324 e. The molecule has 1 amide bonds. The van der Waals surface area contributed by atoms with E-state index in [9.17, 15) is 18.0 Å². The number of fused-ring (bicyclic) bond motifs is 1. The lowest BCUT2D eigenvalue weighted by atomic mass is 10.1. The summed E-state index contributed by atoms with van der Waals surface area (Å²) in [6.45, 7) is 7.06. The third-order valence-corrected chi connectivity index (χ3v) is 7.92. The van der Waals surface area contributed by atoms with E-state index in [4.69, 9.17) is 9.15 Å². The minimum absolute atomic E-state index is 0.0315. The third-order valence-electron chi connectivity index (χ3n) is 6.46. The van der Waals surface area contributed by atoms with Crippen LogP contribution in [0, 0.1) is 24.7 Å². The first-order valence-corrected chi connectivity index (χ1v) is 14.1.